The predicted octanol–water partition coefficient (Wildman–Crippen LogP) is 8.34. The van der Waals surface area contributed by atoms with Crippen LogP contribution in [0.15, 0.2) is 78.9 Å². The zero-order valence-electron chi connectivity index (χ0n) is 21.3. The molecule has 4 heteroatoms. The Balaban J connectivity index is 1.66. The SMILES string of the molecule is CC=Cc1c(Oc2c(-c3ccc(OC)cc3)ccc3cc(OC)ccc23)cccc1N1CCCCC1. The molecule has 0 amide bonds. The minimum Gasteiger partial charge on any atom is -0.497 e. The molecule has 1 aliphatic heterocycles. The molecule has 4 aromatic carbocycles. The van der Waals surface area contributed by atoms with E-state index >= 15 is 0 Å². The second kappa shape index (κ2) is 10.8. The molecule has 1 heterocycles. The van der Waals surface area contributed by atoms with E-state index in [2.05, 4.69) is 78.6 Å². The van der Waals surface area contributed by atoms with Gasteiger partial charge in [-0.05, 0) is 85.7 Å². The molecule has 1 aliphatic rings. The van der Waals surface area contributed by atoms with Crippen LogP contribution in [0.25, 0.3) is 28.0 Å². The standard InChI is InChI=1S/C32H33NO3/c1-4-9-29-30(33-20-6-5-7-21-33)10-8-11-31(29)36-32-27(23-12-15-25(34-2)16-13-23)18-14-24-22-26(35-3)17-19-28(24)32/h4,8-19,22H,5-7,20-21H2,1-3H3. The summed E-state index contributed by atoms with van der Waals surface area (Å²) in [6.45, 7) is 4.22. The van der Waals surface area contributed by atoms with Crippen molar-refractivity contribution in [1.82, 2.24) is 0 Å². The lowest BCUT2D eigenvalue weighted by Crippen LogP contribution is -2.29. The van der Waals surface area contributed by atoms with Crippen molar-refractivity contribution in [2.75, 3.05) is 32.2 Å². The highest BCUT2D eigenvalue weighted by molar-refractivity contribution is 5.96. The van der Waals surface area contributed by atoms with Gasteiger partial charge in [0.2, 0.25) is 0 Å². The molecule has 4 nitrogen and oxygen atoms in total. The number of benzene rings is 4. The first-order chi connectivity index (χ1) is 17.7. The maximum Gasteiger partial charge on any atom is 0.143 e. The van der Waals surface area contributed by atoms with Gasteiger partial charge in [0.1, 0.15) is 23.0 Å². The molecule has 5 rings (SSSR count). The quantitative estimate of drug-likeness (QED) is 0.266. The maximum atomic E-state index is 6.87. The minimum absolute atomic E-state index is 0.826. The zero-order chi connectivity index (χ0) is 24.9. The highest BCUT2D eigenvalue weighted by Crippen LogP contribution is 2.43. The van der Waals surface area contributed by atoms with E-state index in [0.717, 1.165) is 63.6 Å². The Morgan fingerprint density at radius 2 is 1.53 bits per heavy atom. The summed E-state index contributed by atoms with van der Waals surface area (Å²) in [6, 6.07) is 24.9. The average Bonchev–Trinajstić information content (AvgIpc) is 2.94. The van der Waals surface area contributed by atoms with E-state index < -0.39 is 0 Å². The van der Waals surface area contributed by atoms with Crippen molar-refractivity contribution in [2.45, 2.75) is 26.2 Å². The van der Waals surface area contributed by atoms with Crippen LogP contribution < -0.4 is 19.1 Å². The predicted molar refractivity (Wildman–Crippen MR) is 150 cm³/mol. The molecule has 0 aliphatic carbocycles. The topological polar surface area (TPSA) is 30.9 Å². The molecule has 0 unspecified atom stereocenters. The molecular formula is C32H33NO3. The van der Waals surface area contributed by atoms with Crippen molar-refractivity contribution < 1.29 is 14.2 Å². The molecule has 0 radical (unpaired) electrons. The third-order valence-electron chi connectivity index (χ3n) is 6.86. The number of hydrogen-bond donors (Lipinski definition) is 0. The van der Waals surface area contributed by atoms with E-state index in [4.69, 9.17) is 14.2 Å². The van der Waals surface area contributed by atoms with Crippen molar-refractivity contribution in [3.8, 4) is 34.1 Å². The second-order valence-corrected chi connectivity index (χ2v) is 9.10. The third-order valence-corrected chi connectivity index (χ3v) is 6.86. The summed E-state index contributed by atoms with van der Waals surface area (Å²) in [7, 11) is 3.38. The smallest absolute Gasteiger partial charge is 0.143 e. The van der Waals surface area contributed by atoms with Crippen LogP contribution in [-0.2, 0) is 0 Å². The fraction of sp³-hybridized carbons (Fsp3) is 0.250. The Morgan fingerprint density at radius 3 is 2.25 bits per heavy atom. The summed E-state index contributed by atoms with van der Waals surface area (Å²) in [5, 5.41) is 2.11. The zero-order valence-corrected chi connectivity index (χ0v) is 21.3. The number of rotatable bonds is 7. The summed E-state index contributed by atoms with van der Waals surface area (Å²) in [6.07, 6.45) is 8.02. The van der Waals surface area contributed by atoms with Gasteiger partial charge in [-0.25, -0.2) is 0 Å². The van der Waals surface area contributed by atoms with Crippen LogP contribution in [0.5, 0.6) is 23.0 Å². The van der Waals surface area contributed by atoms with Gasteiger partial charge in [-0.1, -0.05) is 36.4 Å². The first-order valence-electron chi connectivity index (χ1n) is 12.7. The fourth-order valence-corrected chi connectivity index (χ4v) is 4.99. The molecule has 4 aromatic rings. The number of allylic oxidation sites excluding steroid dienone is 1. The Kier molecular flexibility index (Phi) is 7.13. The van der Waals surface area contributed by atoms with Gasteiger partial charge in [0.05, 0.1) is 14.2 Å². The van der Waals surface area contributed by atoms with Crippen LogP contribution in [0, 0.1) is 0 Å². The van der Waals surface area contributed by atoms with E-state index in [9.17, 15) is 0 Å². The minimum atomic E-state index is 0.826. The molecule has 0 aromatic heterocycles. The molecule has 0 spiro atoms. The second-order valence-electron chi connectivity index (χ2n) is 9.10. The molecule has 36 heavy (non-hydrogen) atoms. The largest absolute Gasteiger partial charge is 0.497 e. The Bertz CT molecular complexity index is 1370. The van der Waals surface area contributed by atoms with Gasteiger partial charge in [-0.3, -0.25) is 0 Å². The van der Waals surface area contributed by atoms with Gasteiger partial charge >= 0.3 is 0 Å². The van der Waals surface area contributed by atoms with Gasteiger partial charge in [0.25, 0.3) is 0 Å². The van der Waals surface area contributed by atoms with E-state index in [1.807, 2.05) is 18.2 Å². The molecule has 0 atom stereocenters. The van der Waals surface area contributed by atoms with Crippen LogP contribution in [-0.4, -0.2) is 27.3 Å². The first-order valence-corrected chi connectivity index (χ1v) is 12.7. The Morgan fingerprint density at radius 1 is 0.778 bits per heavy atom. The molecular weight excluding hydrogens is 446 g/mol. The fourth-order valence-electron chi connectivity index (χ4n) is 4.99. The normalized spacial score (nSPS) is 13.8. The molecule has 0 saturated carbocycles. The molecule has 0 N–H and O–H groups in total. The number of hydrogen-bond acceptors (Lipinski definition) is 4. The number of nitrogens with zero attached hydrogens (tertiary/aromatic N) is 1. The average molecular weight is 480 g/mol. The number of ether oxygens (including phenoxy) is 3. The lowest BCUT2D eigenvalue weighted by atomic mass is 9.99. The van der Waals surface area contributed by atoms with E-state index in [0.29, 0.717) is 0 Å². The van der Waals surface area contributed by atoms with Crippen molar-refractivity contribution in [3.63, 3.8) is 0 Å². The van der Waals surface area contributed by atoms with Crippen LogP contribution in [0.3, 0.4) is 0 Å². The molecule has 184 valence electrons. The maximum absolute atomic E-state index is 6.87. The van der Waals surface area contributed by atoms with Gasteiger partial charge in [-0.2, -0.15) is 0 Å². The molecule has 0 bridgehead atoms. The van der Waals surface area contributed by atoms with E-state index in [1.165, 1.54) is 24.9 Å². The van der Waals surface area contributed by atoms with Crippen molar-refractivity contribution in [2.24, 2.45) is 0 Å². The number of piperidine rings is 1. The number of methoxy groups -OCH3 is 2. The van der Waals surface area contributed by atoms with Crippen LogP contribution in [0.2, 0.25) is 0 Å². The van der Waals surface area contributed by atoms with Gasteiger partial charge in [0, 0.05) is 35.3 Å². The van der Waals surface area contributed by atoms with Crippen molar-refractivity contribution >= 4 is 22.5 Å². The van der Waals surface area contributed by atoms with Crippen molar-refractivity contribution in [1.29, 1.82) is 0 Å². The van der Waals surface area contributed by atoms with Gasteiger partial charge < -0.3 is 19.1 Å². The third kappa shape index (κ3) is 4.76. The summed E-state index contributed by atoms with van der Waals surface area (Å²) >= 11 is 0. The van der Waals surface area contributed by atoms with Crippen LogP contribution >= 0.6 is 0 Å². The number of fused-ring (bicyclic) bond motifs is 1. The van der Waals surface area contributed by atoms with Gasteiger partial charge in [0.15, 0.2) is 0 Å². The van der Waals surface area contributed by atoms with Crippen LogP contribution in [0.4, 0.5) is 5.69 Å². The van der Waals surface area contributed by atoms with Gasteiger partial charge in [-0.15, -0.1) is 0 Å². The lowest BCUT2D eigenvalue weighted by molar-refractivity contribution is 0.415. The number of anilines is 1. The van der Waals surface area contributed by atoms with Crippen LogP contribution in [0.1, 0.15) is 31.7 Å². The van der Waals surface area contributed by atoms with E-state index in [1.54, 1.807) is 14.2 Å². The summed E-state index contributed by atoms with van der Waals surface area (Å²) in [4.78, 5) is 2.49. The summed E-state index contributed by atoms with van der Waals surface area (Å²) < 4.78 is 17.7. The molecule has 1 fully saturated rings. The Hall–Kier alpha value is -3.92. The molecule has 1 saturated heterocycles. The summed E-state index contributed by atoms with van der Waals surface area (Å²) in [5.74, 6) is 3.35. The van der Waals surface area contributed by atoms with E-state index in [-0.39, 0.29) is 0 Å². The highest BCUT2D eigenvalue weighted by Gasteiger charge is 2.19. The summed E-state index contributed by atoms with van der Waals surface area (Å²) in [5.41, 5.74) is 4.46. The van der Waals surface area contributed by atoms with Crippen molar-refractivity contribution in [3.05, 3.63) is 84.4 Å². The first kappa shape index (κ1) is 23.8. The monoisotopic (exact) mass is 479 g/mol. The lowest BCUT2D eigenvalue weighted by Gasteiger charge is -2.31. The Labute approximate surface area is 213 Å². The highest BCUT2D eigenvalue weighted by atomic mass is 16.5.